The molecule has 0 heterocycles. The fraction of sp³-hybridized carbons (Fsp3) is 0.286. The number of aliphatic imine (C=N–C) groups is 1. The molecule has 0 aliphatic carbocycles. The zero-order valence-corrected chi connectivity index (χ0v) is 7.22. The molecule has 0 aromatic carbocycles. The van der Waals surface area contributed by atoms with Crippen LogP contribution in [0.3, 0.4) is 0 Å². The van der Waals surface area contributed by atoms with Crippen LogP contribution in [-0.2, 0) is 0 Å². The van der Waals surface area contributed by atoms with Gasteiger partial charge in [-0.2, -0.15) is 0 Å². The number of hydrogen-bond donors (Lipinski definition) is 4. The Bertz CT molecular complexity index is 206. The minimum Gasteiger partial charge on any atom is -0.386 e. The van der Waals surface area contributed by atoms with Gasteiger partial charge >= 0.3 is 0 Å². The van der Waals surface area contributed by atoms with Gasteiger partial charge in [0, 0.05) is 7.05 Å². The molecule has 68 valence electrons. The first kappa shape index (κ1) is 10.3. The molecule has 0 radical (unpaired) electrons. The minimum atomic E-state index is 0.375. The molecular weight excluding hydrogens is 154 g/mol. The van der Waals surface area contributed by atoms with Gasteiger partial charge in [0.25, 0.3) is 0 Å². The highest BCUT2D eigenvalue weighted by atomic mass is 15.0. The molecular formula is C7H15N5. The van der Waals surface area contributed by atoms with Crippen molar-refractivity contribution in [1.82, 2.24) is 10.6 Å². The molecule has 5 heteroatoms. The Morgan fingerprint density at radius 2 is 2.08 bits per heavy atom. The summed E-state index contributed by atoms with van der Waals surface area (Å²) in [5.74, 6) is 0.846. The number of nitrogens with one attached hydrogen (secondary N) is 2. The second-order valence-corrected chi connectivity index (χ2v) is 2.15. The Hall–Kier alpha value is -1.65. The largest absolute Gasteiger partial charge is 0.386 e. The van der Waals surface area contributed by atoms with Crippen molar-refractivity contribution in [3.63, 3.8) is 0 Å². The second kappa shape index (κ2) is 5.06. The maximum atomic E-state index is 5.54. The average molecular weight is 169 g/mol. The monoisotopic (exact) mass is 169 g/mol. The highest BCUT2D eigenvalue weighted by Gasteiger charge is 1.98. The van der Waals surface area contributed by atoms with Crippen molar-refractivity contribution in [3.05, 3.63) is 23.9 Å². The predicted molar refractivity (Wildman–Crippen MR) is 51.2 cm³/mol. The molecule has 5 nitrogen and oxygen atoms in total. The predicted octanol–water partition coefficient (Wildman–Crippen LogP) is -0.946. The summed E-state index contributed by atoms with van der Waals surface area (Å²) in [6, 6.07) is 0. The standard InChI is InChI=1S/C7H15N5/c1-5(8)12-4-6(10-2)7(9)11-3/h11-12H,1-2,4,8-9H2,3H3/b7-6-. The topological polar surface area (TPSA) is 88.5 Å². The van der Waals surface area contributed by atoms with Crippen LogP contribution in [0.15, 0.2) is 28.9 Å². The van der Waals surface area contributed by atoms with Crippen LogP contribution in [0.2, 0.25) is 0 Å². The van der Waals surface area contributed by atoms with E-state index < -0.39 is 0 Å². The van der Waals surface area contributed by atoms with Crippen LogP contribution in [0.4, 0.5) is 0 Å². The summed E-state index contributed by atoms with van der Waals surface area (Å²) in [6.07, 6.45) is 0. The van der Waals surface area contributed by atoms with Gasteiger partial charge in [0.15, 0.2) is 0 Å². The minimum absolute atomic E-state index is 0.375. The number of rotatable bonds is 5. The third-order valence-electron chi connectivity index (χ3n) is 1.25. The van der Waals surface area contributed by atoms with Gasteiger partial charge in [-0.1, -0.05) is 6.58 Å². The molecule has 0 saturated carbocycles. The van der Waals surface area contributed by atoms with Crippen LogP contribution < -0.4 is 22.1 Å². The highest BCUT2D eigenvalue weighted by molar-refractivity contribution is 5.30. The molecule has 0 bridgehead atoms. The van der Waals surface area contributed by atoms with E-state index in [4.69, 9.17) is 11.5 Å². The van der Waals surface area contributed by atoms with Crippen LogP contribution in [0, 0.1) is 0 Å². The third-order valence-corrected chi connectivity index (χ3v) is 1.25. The van der Waals surface area contributed by atoms with Gasteiger partial charge in [0.05, 0.1) is 18.1 Å². The molecule has 0 aliphatic rings. The van der Waals surface area contributed by atoms with Crippen molar-refractivity contribution in [3.8, 4) is 0 Å². The average Bonchev–Trinajstić information content (AvgIpc) is 2.04. The maximum Gasteiger partial charge on any atom is 0.120 e. The summed E-state index contributed by atoms with van der Waals surface area (Å²) >= 11 is 0. The lowest BCUT2D eigenvalue weighted by Crippen LogP contribution is -2.25. The number of nitrogens with two attached hydrogens (primary N) is 2. The smallest absolute Gasteiger partial charge is 0.120 e. The van der Waals surface area contributed by atoms with Gasteiger partial charge in [-0.15, -0.1) is 0 Å². The summed E-state index contributed by atoms with van der Waals surface area (Å²) in [5.41, 5.74) is 11.4. The van der Waals surface area contributed by atoms with E-state index in [1.165, 1.54) is 0 Å². The van der Waals surface area contributed by atoms with Gasteiger partial charge in [-0.05, 0) is 6.72 Å². The molecule has 0 unspecified atom stereocenters. The second-order valence-electron chi connectivity index (χ2n) is 2.15. The molecule has 0 aliphatic heterocycles. The Labute approximate surface area is 72.2 Å². The Morgan fingerprint density at radius 1 is 1.50 bits per heavy atom. The molecule has 0 atom stereocenters. The zero-order chi connectivity index (χ0) is 9.56. The van der Waals surface area contributed by atoms with Crippen molar-refractivity contribution in [2.24, 2.45) is 16.5 Å². The van der Waals surface area contributed by atoms with Gasteiger partial charge in [-0.25, -0.2) is 0 Å². The van der Waals surface area contributed by atoms with Gasteiger partial charge < -0.3 is 22.1 Å². The van der Waals surface area contributed by atoms with Crippen molar-refractivity contribution in [2.75, 3.05) is 13.6 Å². The Balaban J connectivity index is 4.17. The van der Waals surface area contributed by atoms with Crippen molar-refractivity contribution >= 4 is 6.72 Å². The van der Waals surface area contributed by atoms with E-state index >= 15 is 0 Å². The molecule has 0 aromatic heterocycles. The zero-order valence-electron chi connectivity index (χ0n) is 7.22. The number of hydrogen-bond acceptors (Lipinski definition) is 5. The van der Waals surface area contributed by atoms with Crippen LogP contribution in [0.5, 0.6) is 0 Å². The fourth-order valence-corrected chi connectivity index (χ4v) is 0.578. The van der Waals surface area contributed by atoms with Gasteiger partial charge in [0.1, 0.15) is 5.82 Å². The molecule has 0 amide bonds. The van der Waals surface area contributed by atoms with E-state index in [1.54, 1.807) is 7.05 Å². The molecule has 0 spiro atoms. The lowest BCUT2D eigenvalue weighted by atomic mass is 10.4. The first-order chi connectivity index (χ1) is 5.61. The quantitative estimate of drug-likeness (QED) is 0.400. The van der Waals surface area contributed by atoms with Crippen LogP contribution in [0.25, 0.3) is 0 Å². The first-order valence-corrected chi connectivity index (χ1v) is 3.43. The first-order valence-electron chi connectivity index (χ1n) is 3.43. The lowest BCUT2D eigenvalue weighted by Gasteiger charge is -2.08. The maximum absolute atomic E-state index is 5.54. The molecule has 0 aromatic rings. The van der Waals surface area contributed by atoms with E-state index in [9.17, 15) is 0 Å². The Kier molecular flexibility index (Phi) is 4.36. The Morgan fingerprint density at radius 3 is 2.42 bits per heavy atom. The normalized spacial score (nSPS) is 11.4. The van der Waals surface area contributed by atoms with Crippen molar-refractivity contribution in [1.29, 1.82) is 0 Å². The molecule has 6 N–H and O–H groups in total. The van der Waals surface area contributed by atoms with E-state index in [1.807, 2.05) is 0 Å². The summed E-state index contributed by atoms with van der Waals surface area (Å²) in [6.45, 7) is 7.26. The SMILES string of the molecule is C=N/C(CNC(=C)N)=C(/N)NC. The summed E-state index contributed by atoms with van der Waals surface area (Å²) in [7, 11) is 1.71. The van der Waals surface area contributed by atoms with Crippen molar-refractivity contribution in [2.45, 2.75) is 0 Å². The molecule has 0 saturated heterocycles. The van der Waals surface area contributed by atoms with Crippen LogP contribution in [0.1, 0.15) is 0 Å². The van der Waals surface area contributed by atoms with E-state index in [0.29, 0.717) is 23.9 Å². The van der Waals surface area contributed by atoms with E-state index in [0.717, 1.165) is 0 Å². The molecule has 0 fully saturated rings. The lowest BCUT2D eigenvalue weighted by molar-refractivity contribution is 0.815. The number of nitrogens with zero attached hydrogens (tertiary/aromatic N) is 1. The van der Waals surface area contributed by atoms with Crippen LogP contribution >= 0.6 is 0 Å². The fourth-order valence-electron chi connectivity index (χ4n) is 0.578. The summed E-state index contributed by atoms with van der Waals surface area (Å²) < 4.78 is 0. The molecule has 12 heavy (non-hydrogen) atoms. The summed E-state index contributed by atoms with van der Waals surface area (Å²) in [5, 5.41) is 5.54. The van der Waals surface area contributed by atoms with Gasteiger partial charge in [-0.3, -0.25) is 4.99 Å². The third kappa shape index (κ3) is 3.50. The van der Waals surface area contributed by atoms with Gasteiger partial charge in [0.2, 0.25) is 0 Å². The van der Waals surface area contributed by atoms with E-state index in [2.05, 4.69) is 28.9 Å². The van der Waals surface area contributed by atoms with E-state index in [-0.39, 0.29) is 0 Å². The summed E-state index contributed by atoms with van der Waals surface area (Å²) in [4.78, 5) is 3.71. The molecule has 0 rings (SSSR count). The highest BCUT2D eigenvalue weighted by Crippen LogP contribution is 1.95. The van der Waals surface area contributed by atoms with Crippen molar-refractivity contribution < 1.29 is 0 Å². The van der Waals surface area contributed by atoms with Crippen LogP contribution in [-0.4, -0.2) is 20.3 Å².